The maximum absolute atomic E-state index is 3.29. The van der Waals surface area contributed by atoms with E-state index < -0.39 is 0 Å². The van der Waals surface area contributed by atoms with E-state index >= 15 is 0 Å². The predicted molar refractivity (Wildman–Crippen MR) is 53.9 cm³/mol. The monoisotopic (exact) mass is 183 g/mol. The van der Waals surface area contributed by atoms with Crippen molar-refractivity contribution in [2.45, 2.75) is 18.4 Å². The van der Waals surface area contributed by atoms with Crippen LogP contribution in [0.1, 0.15) is 17.9 Å². The topological polar surface area (TPSA) is 12.0 Å². The van der Waals surface area contributed by atoms with Crippen molar-refractivity contribution < 1.29 is 0 Å². The minimum Gasteiger partial charge on any atom is -0.316 e. The molecule has 1 saturated carbocycles. The first kappa shape index (κ1) is 9.56. The van der Waals surface area contributed by atoms with Crippen LogP contribution in [0.15, 0.2) is 30.3 Å². The SMILES string of the molecule is CN[C@@H]1C[C@H]1c1ccccc1.Cl. The van der Waals surface area contributed by atoms with Crippen molar-refractivity contribution in [3.63, 3.8) is 0 Å². The van der Waals surface area contributed by atoms with Gasteiger partial charge >= 0.3 is 0 Å². The fourth-order valence-corrected chi connectivity index (χ4v) is 1.58. The molecule has 0 heterocycles. The lowest BCUT2D eigenvalue weighted by Crippen LogP contribution is -2.09. The molecule has 1 aromatic carbocycles. The number of likely N-dealkylation sites (N-methyl/N-ethyl adjacent to an activating group) is 1. The molecule has 66 valence electrons. The zero-order valence-corrected chi connectivity index (χ0v) is 7.97. The number of halogens is 1. The maximum atomic E-state index is 3.29. The highest BCUT2D eigenvalue weighted by atomic mass is 35.5. The fourth-order valence-electron chi connectivity index (χ4n) is 1.58. The fraction of sp³-hybridized carbons (Fsp3) is 0.400. The van der Waals surface area contributed by atoms with Gasteiger partial charge in [-0.2, -0.15) is 0 Å². The molecule has 2 atom stereocenters. The minimum atomic E-state index is 0. The summed E-state index contributed by atoms with van der Waals surface area (Å²) in [6, 6.07) is 11.4. The Morgan fingerprint density at radius 3 is 2.42 bits per heavy atom. The van der Waals surface area contributed by atoms with E-state index in [2.05, 4.69) is 35.6 Å². The van der Waals surface area contributed by atoms with E-state index in [0.29, 0.717) is 0 Å². The van der Waals surface area contributed by atoms with Crippen molar-refractivity contribution in [2.75, 3.05) is 7.05 Å². The van der Waals surface area contributed by atoms with Crippen LogP contribution in [0.5, 0.6) is 0 Å². The van der Waals surface area contributed by atoms with Gasteiger partial charge in [0.15, 0.2) is 0 Å². The maximum Gasteiger partial charge on any atom is 0.0140 e. The molecule has 1 nitrogen and oxygen atoms in total. The quantitative estimate of drug-likeness (QED) is 0.741. The van der Waals surface area contributed by atoms with Gasteiger partial charge in [-0.15, -0.1) is 12.4 Å². The number of hydrogen-bond donors (Lipinski definition) is 1. The summed E-state index contributed by atoms with van der Waals surface area (Å²) in [5, 5.41) is 3.29. The highest BCUT2D eigenvalue weighted by molar-refractivity contribution is 5.85. The third-order valence-electron chi connectivity index (χ3n) is 2.39. The molecule has 0 spiro atoms. The van der Waals surface area contributed by atoms with Gasteiger partial charge in [0, 0.05) is 12.0 Å². The van der Waals surface area contributed by atoms with Gasteiger partial charge < -0.3 is 5.32 Å². The van der Waals surface area contributed by atoms with Gasteiger partial charge in [0.1, 0.15) is 0 Å². The van der Waals surface area contributed by atoms with Crippen LogP contribution < -0.4 is 5.32 Å². The third-order valence-corrected chi connectivity index (χ3v) is 2.39. The first-order valence-electron chi connectivity index (χ1n) is 4.14. The molecule has 0 saturated heterocycles. The first-order valence-corrected chi connectivity index (χ1v) is 4.14. The zero-order chi connectivity index (χ0) is 7.68. The van der Waals surface area contributed by atoms with Crippen molar-refractivity contribution in [1.29, 1.82) is 0 Å². The molecule has 1 N–H and O–H groups in total. The minimum absolute atomic E-state index is 0. The van der Waals surface area contributed by atoms with Crippen molar-refractivity contribution in [3.8, 4) is 0 Å². The first-order chi connectivity index (χ1) is 5.42. The Hall–Kier alpha value is -0.530. The molecule has 12 heavy (non-hydrogen) atoms. The molecule has 1 aliphatic carbocycles. The summed E-state index contributed by atoms with van der Waals surface area (Å²) >= 11 is 0. The van der Waals surface area contributed by atoms with Gasteiger partial charge in [0.05, 0.1) is 0 Å². The Morgan fingerprint density at radius 2 is 1.92 bits per heavy atom. The van der Waals surface area contributed by atoms with E-state index in [1.807, 2.05) is 7.05 Å². The highest BCUT2D eigenvalue weighted by Gasteiger charge is 2.36. The number of nitrogens with one attached hydrogen (secondary N) is 1. The summed E-state index contributed by atoms with van der Waals surface area (Å²) in [5.74, 6) is 0.779. The molecule has 0 bridgehead atoms. The number of hydrogen-bond acceptors (Lipinski definition) is 1. The van der Waals surface area contributed by atoms with Gasteiger partial charge in [0.2, 0.25) is 0 Å². The molecule has 1 aromatic rings. The van der Waals surface area contributed by atoms with E-state index in [9.17, 15) is 0 Å². The van der Waals surface area contributed by atoms with Crippen LogP contribution >= 0.6 is 12.4 Å². The van der Waals surface area contributed by atoms with Gasteiger partial charge in [-0.05, 0) is 19.0 Å². The van der Waals surface area contributed by atoms with E-state index in [-0.39, 0.29) is 12.4 Å². The zero-order valence-electron chi connectivity index (χ0n) is 7.16. The molecule has 0 radical (unpaired) electrons. The normalized spacial score (nSPS) is 26.1. The summed E-state index contributed by atoms with van der Waals surface area (Å²) in [6.45, 7) is 0. The van der Waals surface area contributed by atoms with E-state index in [1.54, 1.807) is 0 Å². The molecule has 0 amide bonds. The lowest BCUT2D eigenvalue weighted by Gasteiger charge is -1.97. The summed E-state index contributed by atoms with van der Waals surface area (Å²) in [4.78, 5) is 0. The van der Waals surface area contributed by atoms with Crippen molar-refractivity contribution in [1.82, 2.24) is 5.32 Å². The summed E-state index contributed by atoms with van der Waals surface area (Å²) in [5.41, 5.74) is 1.48. The summed E-state index contributed by atoms with van der Waals surface area (Å²) in [7, 11) is 2.04. The van der Waals surface area contributed by atoms with Crippen molar-refractivity contribution in [2.24, 2.45) is 0 Å². The van der Waals surface area contributed by atoms with Crippen LogP contribution in [0.2, 0.25) is 0 Å². The van der Waals surface area contributed by atoms with E-state index in [4.69, 9.17) is 0 Å². The highest BCUT2D eigenvalue weighted by Crippen LogP contribution is 2.39. The van der Waals surface area contributed by atoms with Crippen LogP contribution in [-0.4, -0.2) is 13.1 Å². The third kappa shape index (κ3) is 1.79. The molecule has 1 aliphatic rings. The molecule has 1 fully saturated rings. The van der Waals surface area contributed by atoms with E-state index in [0.717, 1.165) is 12.0 Å². The molecule has 0 unspecified atom stereocenters. The molecule has 2 rings (SSSR count). The van der Waals surface area contributed by atoms with Crippen LogP contribution in [0.4, 0.5) is 0 Å². The molecule has 0 aliphatic heterocycles. The van der Waals surface area contributed by atoms with Crippen LogP contribution in [-0.2, 0) is 0 Å². The Kier molecular flexibility index (Phi) is 3.12. The van der Waals surface area contributed by atoms with Crippen molar-refractivity contribution in [3.05, 3.63) is 35.9 Å². The molecular formula is C10H14ClN. The Bertz CT molecular complexity index is 235. The Morgan fingerprint density at radius 1 is 1.25 bits per heavy atom. The smallest absolute Gasteiger partial charge is 0.0140 e. The number of benzene rings is 1. The standard InChI is InChI=1S/C10H13N.ClH/c1-11-10-7-9(10)8-5-3-2-4-6-8;/h2-6,9-11H,7H2,1H3;1H/t9-,10+;/m0./s1. The lowest BCUT2D eigenvalue weighted by atomic mass is 10.1. The van der Waals surface area contributed by atoms with E-state index in [1.165, 1.54) is 12.0 Å². The number of rotatable bonds is 2. The van der Waals surface area contributed by atoms with Crippen LogP contribution in [0, 0.1) is 0 Å². The van der Waals surface area contributed by atoms with Crippen LogP contribution in [0.25, 0.3) is 0 Å². The second kappa shape index (κ2) is 3.92. The average Bonchev–Trinajstić information content (AvgIpc) is 2.85. The average molecular weight is 184 g/mol. The molecular weight excluding hydrogens is 170 g/mol. The van der Waals surface area contributed by atoms with Gasteiger partial charge in [0.25, 0.3) is 0 Å². The Labute approximate surface area is 79.6 Å². The predicted octanol–water partition coefficient (Wildman–Crippen LogP) is 2.18. The van der Waals surface area contributed by atoms with Crippen LogP contribution in [0.3, 0.4) is 0 Å². The second-order valence-corrected chi connectivity index (χ2v) is 3.15. The lowest BCUT2D eigenvalue weighted by molar-refractivity contribution is 0.783. The van der Waals surface area contributed by atoms with Gasteiger partial charge in [-0.25, -0.2) is 0 Å². The molecule has 0 aromatic heterocycles. The molecule has 2 heteroatoms. The summed E-state index contributed by atoms with van der Waals surface area (Å²) < 4.78 is 0. The Balaban J connectivity index is 0.000000720. The van der Waals surface area contributed by atoms with Gasteiger partial charge in [-0.3, -0.25) is 0 Å². The second-order valence-electron chi connectivity index (χ2n) is 3.15. The summed E-state index contributed by atoms with van der Waals surface area (Å²) in [6.07, 6.45) is 1.31. The van der Waals surface area contributed by atoms with Crippen molar-refractivity contribution >= 4 is 12.4 Å². The largest absolute Gasteiger partial charge is 0.316 e. The van der Waals surface area contributed by atoms with Gasteiger partial charge in [-0.1, -0.05) is 30.3 Å².